The molecule has 3 fully saturated rings. The SMILES string of the molecule is CC1(N2CCCNC3(CCCC3)C2)CCC1. The van der Waals surface area contributed by atoms with Gasteiger partial charge in [-0.1, -0.05) is 12.8 Å². The Hall–Kier alpha value is -0.0800. The van der Waals surface area contributed by atoms with Crippen LogP contribution in [0, 0.1) is 0 Å². The molecule has 0 amide bonds. The van der Waals surface area contributed by atoms with E-state index in [0.29, 0.717) is 11.1 Å². The van der Waals surface area contributed by atoms with E-state index in [1.165, 1.54) is 71.0 Å². The molecule has 2 heteroatoms. The van der Waals surface area contributed by atoms with Crippen LogP contribution in [-0.4, -0.2) is 35.6 Å². The van der Waals surface area contributed by atoms with E-state index in [1.807, 2.05) is 0 Å². The summed E-state index contributed by atoms with van der Waals surface area (Å²) in [5.74, 6) is 0. The maximum atomic E-state index is 3.87. The molecule has 16 heavy (non-hydrogen) atoms. The van der Waals surface area contributed by atoms with Crippen molar-refractivity contribution in [2.75, 3.05) is 19.6 Å². The van der Waals surface area contributed by atoms with Crippen LogP contribution in [0.2, 0.25) is 0 Å². The average molecular weight is 222 g/mol. The second-order valence-electron chi connectivity index (χ2n) is 6.54. The Balaban J connectivity index is 1.74. The fourth-order valence-electron chi connectivity index (χ4n) is 3.98. The molecule has 1 spiro atoms. The van der Waals surface area contributed by atoms with Gasteiger partial charge < -0.3 is 5.32 Å². The third-order valence-corrected chi connectivity index (χ3v) is 5.35. The van der Waals surface area contributed by atoms with Gasteiger partial charge in [-0.3, -0.25) is 4.90 Å². The van der Waals surface area contributed by atoms with Crippen molar-refractivity contribution >= 4 is 0 Å². The molecular weight excluding hydrogens is 196 g/mol. The first-order chi connectivity index (χ1) is 7.73. The van der Waals surface area contributed by atoms with Crippen LogP contribution in [0.25, 0.3) is 0 Å². The maximum Gasteiger partial charge on any atom is 0.0309 e. The van der Waals surface area contributed by atoms with Crippen LogP contribution < -0.4 is 5.32 Å². The zero-order chi connectivity index (χ0) is 11.1. The normalized spacial score (nSPS) is 33.6. The van der Waals surface area contributed by atoms with E-state index in [9.17, 15) is 0 Å². The molecule has 3 rings (SSSR count). The molecule has 1 saturated heterocycles. The molecule has 1 heterocycles. The predicted molar refractivity (Wildman–Crippen MR) is 67.6 cm³/mol. The van der Waals surface area contributed by atoms with Gasteiger partial charge >= 0.3 is 0 Å². The summed E-state index contributed by atoms with van der Waals surface area (Å²) in [5.41, 5.74) is 1.05. The first-order valence-corrected chi connectivity index (χ1v) is 7.23. The lowest BCUT2D eigenvalue weighted by Crippen LogP contribution is -2.58. The highest BCUT2D eigenvalue weighted by molar-refractivity contribution is 5.02. The number of nitrogens with zero attached hydrogens (tertiary/aromatic N) is 1. The Morgan fingerprint density at radius 2 is 1.69 bits per heavy atom. The molecule has 1 N–H and O–H groups in total. The second-order valence-corrected chi connectivity index (χ2v) is 6.54. The number of rotatable bonds is 1. The summed E-state index contributed by atoms with van der Waals surface area (Å²) in [6.07, 6.45) is 11.4. The van der Waals surface area contributed by atoms with Crippen LogP contribution >= 0.6 is 0 Å². The van der Waals surface area contributed by atoms with Crippen molar-refractivity contribution in [3.05, 3.63) is 0 Å². The van der Waals surface area contributed by atoms with Crippen molar-refractivity contribution in [1.82, 2.24) is 10.2 Å². The fraction of sp³-hybridized carbons (Fsp3) is 1.00. The fourth-order valence-corrected chi connectivity index (χ4v) is 3.98. The molecule has 2 nitrogen and oxygen atoms in total. The van der Waals surface area contributed by atoms with Gasteiger partial charge in [0.25, 0.3) is 0 Å². The van der Waals surface area contributed by atoms with Crippen molar-refractivity contribution in [2.45, 2.75) is 69.4 Å². The van der Waals surface area contributed by atoms with Gasteiger partial charge in [-0.15, -0.1) is 0 Å². The Kier molecular flexibility index (Phi) is 2.75. The number of hydrogen-bond acceptors (Lipinski definition) is 2. The minimum atomic E-state index is 0.495. The van der Waals surface area contributed by atoms with Crippen molar-refractivity contribution in [1.29, 1.82) is 0 Å². The minimum absolute atomic E-state index is 0.495. The molecular formula is C14H26N2. The van der Waals surface area contributed by atoms with Crippen molar-refractivity contribution in [3.8, 4) is 0 Å². The average Bonchev–Trinajstić information content (AvgIpc) is 2.56. The lowest BCUT2D eigenvalue weighted by atomic mass is 9.76. The molecule has 0 bridgehead atoms. The van der Waals surface area contributed by atoms with E-state index in [1.54, 1.807) is 0 Å². The Bertz CT molecular complexity index is 251. The van der Waals surface area contributed by atoms with Crippen molar-refractivity contribution in [3.63, 3.8) is 0 Å². The van der Waals surface area contributed by atoms with Crippen LogP contribution in [0.15, 0.2) is 0 Å². The van der Waals surface area contributed by atoms with Crippen molar-refractivity contribution in [2.24, 2.45) is 0 Å². The molecule has 0 aromatic heterocycles. The largest absolute Gasteiger partial charge is 0.310 e. The van der Waals surface area contributed by atoms with Gasteiger partial charge in [0.15, 0.2) is 0 Å². The molecule has 0 radical (unpaired) electrons. The van der Waals surface area contributed by atoms with Gasteiger partial charge in [0.05, 0.1) is 0 Å². The smallest absolute Gasteiger partial charge is 0.0309 e. The summed E-state index contributed by atoms with van der Waals surface area (Å²) >= 11 is 0. The summed E-state index contributed by atoms with van der Waals surface area (Å²) in [6.45, 7) is 6.38. The minimum Gasteiger partial charge on any atom is -0.310 e. The lowest BCUT2D eigenvalue weighted by Gasteiger charge is -2.50. The highest BCUT2D eigenvalue weighted by atomic mass is 15.2. The first kappa shape index (κ1) is 11.0. The zero-order valence-electron chi connectivity index (χ0n) is 10.7. The van der Waals surface area contributed by atoms with Gasteiger partial charge in [0, 0.05) is 17.6 Å². The van der Waals surface area contributed by atoms with Gasteiger partial charge in [-0.2, -0.15) is 0 Å². The van der Waals surface area contributed by atoms with Gasteiger partial charge in [0.2, 0.25) is 0 Å². The van der Waals surface area contributed by atoms with Crippen LogP contribution in [0.4, 0.5) is 0 Å². The standard InChI is InChI=1S/C14H26N2/c1-13(6-4-7-13)16-11-5-10-15-14(12-16)8-2-3-9-14/h15H,2-12H2,1H3. The molecule has 1 aliphatic heterocycles. The van der Waals surface area contributed by atoms with Gasteiger partial charge in [-0.05, 0) is 58.5 Å². The zero-order valence-corrected chi connectivity index (χ0v) is 10.7. The molecule has 2 aliphatic carbocycles. The molecule has 92 valence electrons. The summed E-state index contributed by atoms with van der Waals surface area (Å²) in [5, 5.41) is 3.87. The van der Waals surface area contributed by atoms with E-state index < -0.39 is 0 Å². The third kappa shape index (κ3) is 1.80. The quantitative estimate of drug-likeness (QED) is 0.733. The topological polar surface area (TPSA) is 15.3 Å². The second kappa shape index (κ2) is 3.99. The van der Waals surface area contributed by atoms with Crippen LogP contribution in [-0.2, 0) is 0 Å². The number of hydrogen-bond donors (Lipinski definition) is 1. The van der Waals surface area contributed by atoms with Gasteiger partial charge in [0.1, 0.15) is 0 Å². The van der Waals surface area contributed by atoms with Crippen molar-refractivity contribution < 1.29 is 0 Å². The summed E-state index contributed by atoms with van der Waals surface area (Å²) in [7, 11) is 0. The highest BCUT2D eigenvalue weighted by Gasteiger charge is 2.44. The molecule has 0 atom stereocenters. The molecule has 2 saturated carbocycles. The summed E-state index contributed by atoms with van der Waals surface area (Å²) < 4.78 is 0. The summed E-state index contributed by atoms with van der Waals surface area (Å²) in [4.78, 5) is 2.82. The maximum absolute atomic E-state index is 3.87. The Morgan fingerprint density at radius 3 is 2.31 bits per heavy atom. The third-order valence-electron chi connectivity index (χ3n) is 5.35. The van der Waals surface area contributed by atoms with Gasteiger partial charge in [-0.25, -0.2) is 0 Å². The van der Waals surface area contributed by atoms with E-state index >= 15 is 0 Å². The predicted octanol–water partition coefficient (Wildman–Crippen LogP) is 2.54. The molecule has 0 aromatic rings. The van der Waals surface area contributed by atoms with E-state index in [4.69, 9.17) is 0 Å². The number of nitrogens with one attached hydrogen (secondary N) is 1. The van der Waals surface area contributed by atoms with Crippen LogP contribution in [0.3, 0.4) is 0 Å². The monoisotopic (exact) mass is 222 g/mol. The van der Waals surface area contributed by atoms with E-state index in [2.05, 4.69) is 17.1 Å². The Morgan fingerprint density at radius 1 is 0.938 bits per heavy atom. The van der Waals surface area contributed by atoms with E-state index in [-0.39, 0.29) is 0 Å². The lowest BCUT2D eigenvalue weighted by molar-refractivity contribution is 0.0184. The molecule has 0 unspecified atom stereocenters. The summed E-state index contributed by atoms with van der Waals surface area (Å²) in [6, 6.07) is 0. The van der Waals surface area contributed by atoms with Crippen LogP contribution in [0.5, 0.6) is 0 Å². The van der Waals surface area contributed by atoms with E-state index in [0.717, 1.165) is 0 Å². The first-order valence-electron chi connectivity index (χ1n) is 7.23. The van der Waals surface area contributed by atoms with Crippen LogP contribution in [0.1, 0.15) is 58.3 Å². The molecule has 3 aliphatic rings. The highest BCUT2D eigenvalue weighted by Crippen LogP contribution is 2.41. The Labute approximate surface area is 99.8 Å². The molecule has 0 aromatic carbocycles.